The van der Waals surface area contributed by atoms with E-state index in [2.05, 4.69) is 4.90 Å². The number of carbonyl (C=O) groups is 2. The van der Waals surface area contributed by atoms with Crippen LogP contribution in [0.2, 0.25) is 5.02 Å². The van der Waals surface area contributed by atoms with E-state index in [1.807, 2.05) is 0 Å². The molecule has 0 bridgehead atoms. The number of nitrogens with zero attached hydrogens (tertiary/aromatic N) is 2. The molecule has 2 aliphatic rings. The molecule has 0 saturated carbocycles. The van der Waals surface area contributed by atoms with Crippen LogP contribution in [0.15, 0.2) is 65.6 Å². The summed E-state index contributed by atoms with van der Waals surface area (Å²) in [6.45, 7) is 4.87. The van der Waals surface area contributed by atoms with Crippen LogP contribution in [0.1, 0.15) is 34.3 Å². The molecular formula is C34H32ClF3N2O6S2. The Labute approximate surface area is 290 Å². The van der Waals surface area contributed by atoms with Crippen molar-refractivity contribution in [3.05, 3.63) is 87.3 Å². The summed E-state index contributed by atoms with van der Waals surface area (Å²) in [7, 11) is 0. The molecule has 48 heavy (non-hydrogen) atoms. The molecule has 0 unspecified atom stereocenters. The summed E-state index contributed by atoms with van der Waals surface area (Å²) in [6.07, 6.45) is -1.70. The van der Waals surface area contributed by atoms with Gasteiger partial charge in [0.05, 0.1) is 42.5 Å². The van der Waals surface area contributed by atoms with Crippen LogP contribution >= 0.6 is 35.6 Å². The van der Waals surface area contributed by atoms with Gasteiger partial charge < -0.3 is 19.3 Å². The van der Waals surface area contributed by atoms with Gasteiger partial charge in [0.2, 0.25) is 0 Å². The van der Waals surface area contributed by atoms with E-state index >= 15 is 0 Å². The number of halogens is 4. The van der Waals surface area contributed by atoms with Gasteiger partial charge in [-0.15, -0.1) is 0 Å². The highest BCUT2D eigenvalue weighted by Crippen LogP contribution is 2.39. The number of carboxylic acid groups (broad SMARTS) is 1. The number of benzene rings is 3. The van der Waals surface area contributed by atoms with Crippen molar-refractivity contribution in [2.75, 3.05) is 52.6 Å². The van der Waals surface area contributed by atoms with E-state index in [1.165, 1.54) is 23.1 Å². The second-order valence-electron chi connectivity index (χ2n) is 11.0. The predicted octanol–water partition coefficient (Wildman–Crippen LogP) is 7.50. The van der Waals surface area contributed by atoms with E-state index in [0.717, 1.165) is 49.9 Å². The first-order chi connectivity index (χ1) is 23.0. The molecular weight excluding hydrogens is 689 g/mol. The van der Waals surface area contributed by atoms with Gasteiger partial charge in [0.25, 0.3) is 5.91 Å². The van der Waals surface area contributed by atoms with Gasteiger partial charge in [0.1, 0.15) is 15.8 Å². The lowest BCUT2D eigenvalue weighted by molar-refractivity contribution is -0.137. The summed E-state index contributed by atoms with van der Waals surface area (Å²) in [5, 5.41) is 9.20. The number of alkyl halides is 3. The van der Waals surface area contributed by atoms with Crippen LogP contribution < -0.4 is 9.47 Å². The van der Waals surface area contributed by atoms with Crippen molar-refractivity contribution in [1.29, 1.82) is 0 Å². The van der Waals surface area contributed by atoms with Crippen LogP contribution in [0.3, 0.4) is 0 Å². The van der Waals surface area contributed by atoms with Crippen LogP contribution in [-0.4, -0.2) is 83.7 Å². The number of ether oxygens (including phenoxy) is 3. The second-order valence-corrected chi connectivity index (χ2v) is 13.0. The maximum absolute atomic E-state index is 13.5. The topological polar surface area (TPSA) is 88.5 Å². The van der Waals surface area contributed by atoms with Gasteiger partial charge in [0.15, 0.2) is 0 Å². The molecule has 0 spiro atoms. The van der Waals surface area contributed by atoms with Gasteiger partial charge in [-0.1, -0.05) is 41.6 Å². The average molecular weight is 721 g/mol. The Morgan fingerprint density at radius 1 is 1.00 bits per heavy atom. The van der Waals surface area contributed by atoms with Crippen molar-refractivity contribution in [2.45, 2.75) is 19.0 Å². The molecule has 2 saturated heterocycles. The highest BCUT2D eigenvalue weighted by Gasteiger charge is 2.33. The number of thioether (sulfide) groups is 1. The van der Waals surface area contributed by atoms with Crippen LogP contribution in [0, 0.1) is 0 Å². The van der Waals surface area contributed by atoms with Crippen molar-refractivity contribution in [3.8, 4) is 22.6 Å². The fourth-order valence-electron chi connectivity index (χ4n) is 5.12. The van der Waals surface area contributed by atoms with Crippen LogP contribution in [0.25, 0.3) is 17.2 Å². The molecule has 0 aromatic heterocycles. The molecule has 3 aromatic rings. The molecule has 1 amide bonds. The highest BCUT2D eigenvalue weighted by molar-refractivity contribution is 8.26. The van der Waals surface area contributed by atoms with E-state index < -0.39 is 17.7 Å². The molecule has 254 valence electrons. The number of thiocarbonyl (C=S) groups is 1. The number of amides is 1. The van der Waals surface area contributed by atoms with Crippen LogP contribution in [-0.2, 0) is 15.7 Å². The van der Waals surface area contributed by atoms with Gasteiger partial charge in [-0.3, -0.25) is 14.6 Å². The number of morpholine rings is 1. The first-order valence-electron chi connectivity index (χ1n) is 15.2. The first-order valence-corrected chi connectivity index (χ1v) is 16.8. The maximum Gasteiger partial charge on any atom is 0.416 e. The Morgan fingerprint density at radius 3 is 2.42 bits per heavy atom. The number of aromatic carboxylic acids is 1. The smallest absolute Gasteiger partial charge is 0.416 e. The molecule has 2 fully saturated rings. The summed E-state index contributed by atoms with van der Waals surface area (Å²) in [4.78, 5) is 28.6. The third-order valence-electron chi connectivity index (χ3n) is 7.65. The minimum absolute atomic E-state index is 0.150. The number of carboxylic acids is 1. The number of carbonyl (C=O) groups excluding carboxylic acids is 1. The summed E-state index contributed by atoms with van der Waals surface area (Å²) in [6, 6.07) is 14.2. The first kappa shape index (κ1) is 35.7. The number of rotatable bonds is 13. The lowest BCUT2D eigenvalue weighted by Crippen LogP contribution is -2.37. The molecule has 14 heteroatoms. The fraction of sp³-hybridized carbons (Fsp3) is 0.324. The highest BCUT2D eigenvalue weighted by atomic mass is 35.5. The van der Waals surface area contributed by atoms with Crippen molar-refractivity contribution >= 4 is 57.9 Å². The molecule has 0 aliphatic carbocycles. The third kappa shape index (κ3) is 9.29. The Balaban J connectivity index is 1.31. The van der Waals surface area contributed by atoms with Gasteiger partial charge >= 0.3 is 12.1 Å². The molecule has 2 aliphatic heterocycles. The van der Waals surface area contributed by atoms with E-state index in [1.54, 1.807) is 36.4 Å². The Bertz CT molecular complexity index is 1680. The monoisotopic (exact) mass is 720 g/mol. The lowest BCUT2D eigenvalue weighted by atomic mass is 9.99. The largest absolute Gasteiger partial charge is 0.494 e. The number of hydrogen-bond donors (Lipinski definition) is 1. The van der Waals surface area contributed by atoms with Crippen LogP contribution in [0.5, 0.6) is 11.5 Å². The molecule has 8 nitrogen and oxygen atoms in total. The van der Waals surface area contributed by atoms with E-state index in [-0.39, 0.29) is 28.7 Å². The molecule has 0 radical (unpaired) electrons. The normalized spacial score (nSPS) is 16.5. The second kappa shape index (κ2) is 16.2. The minimum Gasteiger partial charge on any atom is -0.494 e. The van der Waals surface area contributed by atoms with Crippen molar-refractivity contribution in [3.63, 3.8) is 0 Å². The quantitative estimate of drug-likeness (QED) is 0.110. The van der Waals surface area contributed by atoms with Gasteiger partial charge in [-0.05, 0) is 79.1 Å². The Hall–Kier alpha value is -3.62. The molecule has 3 aromatic carbocycles. The van der Waals surface area contributed by atoms with Crippen LogP contribution in [0.4, 0.5) is 13.2 Å². The molecule has 2 heterocycles. The minimum atomic E-state index is -4.55. The zero-order chi connectivity index (χ0) is 34.3. The zero-order valence-corrected chi connectivity index (χ0v) is 28.0. The molecule has 1 N–H and O–H groups in total. The lowest BCUT2D eigenvalue weighted by Gasteiger charge is -2.26. The SMILES string of the molecule is O=C(O)c1ccc(OCCCN2C(=O)C(=Cc3cc(-c4cc(C(F)(F)F)ccc4Cl)ccc3OCCCN3CCOCC3)SC2=S)cc1. The van der Waals surface area contributed by atoms with Crippen molar-refractivity contribution in [1.82, 2.24) is 9.80 Å². The predicted molar refractivity (Wildman–Crippen MR) is 183 cm³/mol. The molecule has 5 rings (SSSR count). The maximum atomic E-state index is 13.5. The van der Waals surface area contributed by atoms with E-state index in [0.29, 0.717) is 64.6 Å². The zero-order valence-electron chi connectivity index (χ0n) is 25.6. The van der Waals surface area contributed by atoms with Gasteiger partial charge in [-0.25, -0.2) is 4.79 Å². The van der Waals surface area contributed by atoms with Crippen molar-refractivity contribution < 1.29 is 42.1 Å². The van der Waals surface area contributed by atoms with Gasteiger partial charge in [0, 0.05) is 42.3 Å². The summed E-state index contributed by atoms with van der Waals surface area (Å²) >= 11 is 13.0. The Kier molecular flexibility index (Phi) is 12.0. The molecule has 0 atom stereocenters. The Morgan fingerprint density at radius 2 is 1.71 bits per heavy atom. The standard InChI is InChI=1S/C34H32ClF3N2O6S2/c35-28-9-6-25(34(36,37)38)21-27(28)23-5-10-29(46-16-1-11-39-13-17-44-18-14-39)24(19-23)20-30-31(41)40(33(47)48-30)12-2-15-45-26-7-3-22(4-8-26)32(42)43/h3-10,19-21H,1-2,11-18H2,(H,42,43). The van der Waals surface area contributed by atoms with Gasteiger partial charge in [-0.2, -0.15) is 13.2 Å². The number of hydrogen-bond acceptors (Lipinski definition) is 8. The fourth-order valence-corrected chi connectivity index (χ4v) is 6.64. The third-order valence-corrected chi connectivity index (χ3v) is 9.36. The van der Waals surface area contributed by atoms with E-state index in [4.69, 9.17) is 43.1 Å². The van der Waals surface area contributed by atoms with Crippen molar-refractivity contribution in [2.24, 2.45) is 0 Å². The summed E-state index contributed by atoms with van der Waals surface area (Å²) in [5.74, 6) is -0.367. The summed E-state index contributed by atoms with van der Waals surface area (Å²) < 4.78 is 58.2. The summed E-state index contributed by atoms with van der Waals surface area (Å²) in [5.41, 5.74) is 0.457. The van der Waals surface area contributed by atoms with E-state index in [9.17, 15) is 22.8 Å². The average Bonchev–Trinajstić information content (AvgIpc) is 3.33.